The van der Waals surface area contributed by atoms with Crippen molar-refractivity contribution in [3.8, 4) is 67.5 Å². The summed E-state index contributed by atoms with van der Waals surface area (Å²) in [5.41, 5.74) is 14.9. The van der Waals surface area contributed by atoms with Crippen LogP contribution in [0.15, 0.2) is 188 Å². The molecule has 0 aliphatic rings. The van der Waals surface area contributed by atoms with Crippen LogP contribution < -0.4 is 0 Å². The molecule has 0 amide bonds. The van der Waals surface area contributed by atoms with Gasteiger partial charge in [0.05, 0.1) is 22.4 Å². The normalized spacial score (nSPS) is 12.1. The van der Waals surface area contributed by atoms with E-state index in [4.69, 9.17) is 9.97 Å². The first kappa shape index (κ1) is 44.1. The minimum atomic E-state index is -0.0538. The van der Waals surface area contributed by atoms with Crippen molar-refractivity contribution in [2.45, 2.75) is 52.4 Å². The number of phenols is 1. The van der Waals surface area contributed by atoms with Gasteiger partial charge in [0.2, 0.25) is 0 Å². The molecule has 0 saturated carbocycles. The number of fused-ring (bicyclic) bond motifs is 3. The molecular formula is C64H50N3OPt-. The Bertz CT molecular complexity index is 3910. The molecule has 0 bridgehead atoms. The van der Waals surface area contributed by atoms with Crippen LogP contribution in [-0.2, 0) is 31.9 Å². The van der Waals surface area contributed by atoms with Gasteiger partial charge in [-0.05, 0) is 102 Å². The fraction of sp³-hybridized carbons (Fsp3) is 0.125. The van der Waals surface area contributed by atoms with Crippen LogP contribution in [0, 0.1) is 6.07 Å². The van der Waals surface area contributed by atoms with Crippen LogP contribution >= 0.6 is 0 Å². The monoisotopic (exact) mass is 1070 g/mol. The van der Waals surface area contributed by atoms with Crippen LogP contribution in [0.3, 0.4) is 0 Å². The molecule has 0 atom stereocenters. The molecule has 0 saturated heterocycles. The predicted molar refractivity (Wildman–Crippen MR) is 285 cm³/mol. The average molecular weight is 1070 g/mol. The summed E-state index contributed by atoms with van der Waals surface area (Å²) in [6.07, 6.45) is 1.91. The van der Waals surface area contributed by atoms with Crippen molar-refractivity contribution >= 4 is 54.1 Å². The number of hydrogen-bond acceptors (Lipinski definition) is 3. The number of aromatic hydroxyl groups is 1. The van der Waals surface area contributed by atoms with E-state index in [0.717, 1.165) is 61.5 Å². The first-order valence-electron chi connectivity index (χ1n) is 23.5. The standard InChI is InChI=1S/C64H50N3O.Pt/c1-63(2,3)47-33-45(34-48(38-47)64(4,5)6)46-36-55(66-56(37-46)52-19-8-10-23-59(52)68)44-17-12-16-43(32-44)54-35-42(30-31-65-54)49-20-13-21-51-50-18-7-9-22-57(50)67(62(49)51)58-29-27-41-25-24-39-14-11-15-40-26-28-53(58)61(41)60(39)40;/h7-31,33-38,68H,1-6H3;/q-1;. The number of hydrogen-bond donors (Lipinski definition) is 1. The zero-order valence-corrected chi connectivity index (χ0v) is 41.8. The Morgan fingerprint density at radius 3 is 1.80 bits per heavy atom. The molecule has 69 heavy (non-hydrogen) atoms. The van der Waals surface area contributed by atoms with Gasteiger partial charge in [-0.2, -0.15) is 0 Å². The molecule has 5 heteroatoms. The van der Waals surface area contributed by atoms with E-state index >= 15 is 0 Å². The molecule has 0 fully saturated rings. The summed E-state index contributed by atoms with van der Waals surface area (Å²) in [4.78, 5) is 10.2. The van der Waals surface area contributed by atoms with E-state index in [0.29, 0.717) is 11.3 Å². The van der Waals surface area contributed by atoms with Crippen molar-refractivity contribution in [3.63, 3.8) is 0 Å². The van der Waals surface area contributed by atoms with Crippen LogP contribution in [0.25, 0.3) is 116 Å². The molecule has 0 spiro atoms. The maximum Gasteiger partial charge on any atom is 0.124 e. The second-order valence-electron chi connectivity index (χ2n) is 20.3. The molecule has 1 N–H and O–H groups in total. The van der Waals surface area contributed by atoms with Crippen molar-refractivity contribution in [1.29, 1.82) is 0 Å². The van der Waals surface area contributed by atoms with Gasteiger partial charge < -0.3 is 9.67 Å². The van der Waals surface area contributed by atoms with Gasteiger partial charge in [-0.25, -0.2) is 0 Å². The van der Waals surface area contributed by atoms with Crippen molar-refractivity contribution < 1.29 is 26.2 Å². The van der Waals surface area contributed by atoms with Gasteiger partial charge in [0.15, 0.2) is 0 Å². The van der Waals surface area contributed by atoms with E-state index in [-0.39, 0.29) is 37.6 Å². The van der Waals surface area contributed by atoms with Crippen LogP contribution in [0.1, 0.15) is 52.7 Å². The van der Waals surface area contributed by atoms with Crippen molar-refractivity contribution in [2.75, 3.05) is 0 Å². The number of rotatable bonds is 6. The Kier molecular flexibility index (Phi) is 10.7. The smallest absolute Gasteiger partial charge is 0.124 e. The Balaban J connectivity index is 0.00000520. The molecule has 9 aromatic carbocycles. The SMILES string of the molecule is CC(C)(C)c1cc(-c2cc(-c3[c-]c(-c4cc(-c5cccc6c7ccccc7n(-c7ccc8ccc9cccc%10ccc7c8c9%10)c56)ccn4)ccc3)nc(-c3ccccc3O)c2)cc(C(C)(C)C)c1.[Pt]. The molecule has 0 aliphatic heterocycles. The molecule has 3 heterocycles. The number of pyridine rings is 2. The third-order valence-corrected chi connectivity index (χ3v) is 13.9. The third-order valence-electron chi connectivity index (χ3n) is 13.9. The van der Waals surface area contributed by atoms with Gasteiger partial charge in [0, 0.05) is 65.9 Å². The van der Waals surface area contributed by atoms with Gasteiger partial charge in [0.1, 0.15) is 5.75 Å². The van der Waals surface area contributed by atoms with E-state index < -0.39 is 0 Å². The van der Waals surface area contributed by atoms with Gasteiger partial charge in [-0.15, -0.1) is 24.3 Å². The van der Waals surface area contributed by atoms with Gasteiger partial charge >= 0.3 is 0 Å². The summed E-state index contributed by atoms with van der Waals surface area (Å²) in [6.45, 7) is 13.6. The second-order valence-corrected chi connectivity index (χ2v) is 20.3. The number of aromatic nitrogens is 3. The average Bonchev–Trinajstić information content (AvgIpc) is 3.69. The van der Waals surface area contributed by atoms with Crippen LogP contribution in [0.4, 0.5) is 0 Å². The second kappa shape index (κ2) is 16.7. The summed E-state index contributed by atoms with van der Waals surface area (Å²) in [5, 5.41) is 21.1. The van der Waals surface area contributed by atoms with Crippen molar-refractivity contribution in [3.05, 3.63) is 205 Å². The predicted octanol–water partition coefficient (Wildman–Crippen LogP) is 16.9. The largest absolute Gasteiger partial charge is 0.507 e. The molecular weight excluding hydrogens is 1020 g/mol. The summed E-state index contributed by atoms with van der Waals surface area (Å²) in [6, 6.07) is 68.6. The molecule has 0 radical (unpaired) electrons. The van der Waals surface area contributed by atoms with Gasteiger partial charge in [0.25, 0.3) is 0 Å². The molecule has 3 aromatic heterocycles. The van der Waals surface area contributed by atoms with E-state index in [1.165, 1.54) is 54.2 Å². The van der Waals surface area contributed by atoms with Gasteiger partial charge in [-0.3, -0.25) is 9.97 Å². The van der Waals surface area contributed by atoms with E-state index in [1.54, 1.807) is 6.07 Å². The van der Waals surface area contributed by atoms with Crippen LogP contribution in [0.2, 0.25) is 0 Å². The maximum atomic E-state index is 11.1. The quantitative estimate of drug-likeness (QED) is 0.133. The molecule has 0 unspecified atom stereocenters. The molecule has 12 aromatic rings. The van der Waals surface area contributed by atoms with E-state index in [1.807, 2.05) is 24.4 Å². The fourth-order valence-electron chi connectivity index (χ4n) is 10.3. The Morgan fingerprint density at radius 2 is 1.04 bits per heavy atom. The topological polar surface area (TPSA) is 50.9 Å². The summed E-state index contributed by atoms with van der Waals surface area (Å²) >= 11 is 0. The third kappa shape index (κ3) is 7.59. The number of phenolic OH excluding ortho intramolecular Hbond substituents is 1. The summed E-state index contributed by atoms with van der Waals surface area (Å²) < 4.78 is 2.47. The van der Waals surface area contributed by atoms with Gasteiger partial charge in [-0.1, -0.05) is 180 Å². The molecule has 338 valence electrons. The van der Waals surface area contributed by atoms with E-state index in [2.05, 4.69) is 210 Å². The number of para-hydroxylation sites is 3. The van der Waals surface area contributed by atoms with Crippen LogP contribution in [-0.4, -0.2) is 19.6 Å². The summed E-state index contributed by atoms with van der Waals surface area (Å²) in [7, 11) is 0. The Morgan fingerprint density at radius 1 is 0.464 bits per heavy atom. The molecule has 4 nitrogen and oxygen atoms in total. The molecule has 12 rings (SSSR count). The Hall–Kier alpha value is -7.39. The molecule has 0 aliphatic carbocycles. The maximum absolute atomic E-state index is 11.1. The van der Waals surface area contributed by atoms with Crippen molar-refractivity contribution in [1.82, 2.24) is 14.5 Å². The number of nitrogens with zero attached hydrogens (tertiary/aromatic N) is 3. The van der Waals surface area contributed by atoms with Crippen LogP contribution in [0.5, 0.6) is 5.75 Å². The fourth-order valence-corrected chi connectivity index (χ4v) is 10.3. The first-order valence-corrected chi connectivity index (χ1v) is 23.5. The zero-order valence-electron chi connectivity index (χ0n) is 39.5. The zero-order chi connectivity index (χ0) is 46.5. The minimum Gasteiger partial charge on any atom is -0.507 e. The number of benzene rings is 9. The van der Waals surface area contributed by atoms with E-state index in [9.17, 15) is 5.11 Å². The Labute approximate surface area is 417 Å². The summed E-state index contributed by atoms with van der Waals surface area (Å²) in [5.74, 6) is 0.189. The minimum absolute atomic E-state index is 0. The van der Waals surface area contributed by atoms with Crippen molar-refractivity contribution in [2.24, 2.45) is 0 Å². The first-order chi connectivity index (χ1) is 32.9.